The highest BCUT2D eigenvalue weighted by molar-refractivity contribution is 5.90. The van der Waals surface area contributed by atoms with E-state index < -0.39 is 17.6 Å². The second-order valence-corrected chi connectivity index (χ2v) is 3.13. The van der Waals surface area contributed by atoms with Gasteiger partial charge in [0.1, 0.15) is 6.61 Å². The molecule has 7 heteroatoms. The number of carbonyl (C=O) groups is 1. The molecule has 16 heavy (non-hydrogen) atoms. The Kier molecular flexibility index (Phi) is 6.63. The summed E-state index contributed by atoms with van der Waals surface area (Å²) in [7, 11) is 3.65. The number of nitrogens with zero attached hydrogens (tertiary/aromatic N) is 3. The maximum Gasteiger partial charge on any atom is 0.547 e. The van der Waals surface area contributed by atoms with Crippen molar-refractivity contribution in [2.24, 2.45) is 0 Å². The second kappa shape index (κ2) is 7.48. The van der Waals surface area contributed by atoms with Crippen LogP contribution in [0.5, 0.6) is 0 Å². The van der Waals surface area contributed by atoms with E-state index >= 15 is 0 Å². The summed E-state index contributed by atoms with van der Waals surface area (Å²) in [6.45, 7) is 2.42. The first kappa shape index (κ1) is 14.2. The number of aliphatic hydroxyl groups excluding tert-OH is 1. The van der Waals surface area contributed by atoms with E-state index in [-0.39, 0.29) is 13.2 Å². The zero-order chi connectivity index (χ0) is 12.6. The van der Waals surface area contributed by atoms with Gasteiger partial charge in [-0.1, -0.05) is 0 Å². The molecule has 0 aromatic heterocycles. The van der Waals surface area contributed by atoms with E-state index in [9.17, 15) is 9.90 Å². The molecule has 0 heterocycles. The Labute approximate surface area is 93.9 Å². The normalized spacial score (nSPS) is 11.7. The van der Waals surface area contributed by atoms with Crippen LogP contribution >= 0.6 is 0 Å². The lowest BCUT2D eigenvalue weighted by atomic mass is 10.5. The van der Waals surface area contributed by atoms with Crippen LogP contribution < -0.4 is 0 Å². The molecule has 0 fully saturated rings. The van der Waals surface area contributed by atoms with Gasteiger partial charge in [-0.15, -0.1) is 0 Å². The number of aliphatic hydroxyl groups is 1. The molecule has 1 N–H and O–H groups in total. The number of hydrogen-bond donors (Lipinski definition) is 1. The first-order chi connectivity index (χ1) is 7.52. The fourth-order valence-electron chi connectivity index (χ4n) is 0.764. The van der Waals surface area contributed by atoms with Gasteiger partial charge in [0.2, 0.25) is 5.39 Å². The van der Waals surface area contributed by atoms with Gasteiger partial charge in [0, 0.05) is 6.54 Å². The molecule has 0 aromatic rings. The molecule has 0 radical (unpaired) electrons. The number of carbonyl (C=O) groups excluding carboxylic acids is 1. The Balaban J connectivity index is 4.39. The number of diazo groups is 1. The van der Waals surface area contributed by atoms with Crippen molar-refractivity contribution in [3.8, 4) is 0 Å². The minimum absolute atomic E-state index is 0.114. The van der Waals surface area contributed by atoms with Crippen LogP contribution in [0.1, 0.15) is 6.92 Å². The molecule has 0 atom stereocenters. The summed E-state index contributed by atoms with van der Waals surface area (Å²) < 4.78 is 9.35. The summed E-state index contributed by atoms with van der Waals surface area (Å²) in [4.78, 5) is 15.6. The van der Waals surface area contributed by atoms with Crippen LogP contribution in [0.15, 0.2) is 11.6 Å². The Hall–Kier alpha value is -1.81. The highest BCUT2D eigenvalue weighted by Crippen LogP contribution is 2.07. The van der Waals surface area contributed by atoms with Crippen LogP contribution in [0.2, 0.25) is 0 Å². The summed E-state index contributed by atoms with van der Waals surface area (Å²) in [5.41, 5.74) is -0.638. The molecule has 0 aliphatic heterocycles. The van der Waals surface area contributed by atoms with Crippen molar-refractivity contribution in [2.45, 2.75) is 6.92 Å². The quantitative estimate of drug-likeness (QED) is 0.313. The number of rotatable bonds is 6. The molecule has 0 amide bonds. The molecule has 0 saturated heterocycles. The third-order valence-corrected chi connectivity index (χ3v) is 1.55. The zero-order valence-electron chi connectivity index (χ0n) is 9.63. The second-order valence-electron chi connectivity index (χ2n) is 3.13. The van der Waals surface area contributed by atoms with Gasteiger partial charge in [-0.25, -0.2) is 4.79 Å². The summed E-state index contributed by atoms with van der Waals surface area (Å²) in [6, 6.07) is 0. The summed E-state index contributed by atoms with van der Waals surface area (Å²) in [6.07, 6.45) is 0. The molecule has 0 saturated carbocycles. The summed E-state index contributed by atoms with van der Waals surface area (Å²) >= 11 is 0. The van der Waals surface area contributed by atoms with Gasteiger partial charge in [-0.05, 0) is 21.0 Å². The van der Waals surface area contributed by atoms with E-state index in [0.29, 0.717) is 6.54 Å². The van der Waals surface area contributed by atoms with Crippen molar-refractivity contribution in [3.63, 3.8) is 0 Å². The van der Waals surface area contributed by atoms with Gasteiger partial charge in [0.25, 0.3) is 0 Å². The van der Waals surface area contributed by atoms with Crippen molar-refractivity contribution < 1.29 is 19.4 Å². The molecule has 0 bridgehead atoms. The van der Waals surface area contributed by atoms with Crippen LogP contribution in [0.25, 0.3) is 4.98 Å². The molecule has 0 aliphatic rings. The van der Waals surface area contributed by atoms with Crippen LogP contribution in [0, 0.1) is 5.39 Å². The lowest BCUT2D eigenvalue weighted by Crippen LogP contribution is -2.18. The smallest absolute Gasteiger partial charge is 0.475 e. The van der Waals surface area contributed by atoms with Crippen molar-refractivity contribution in [3.05, 3.63) is 16.6 Å². The van der Waals surface area contributed by atoms with Gasteiger partial charge in [-0.3, -0.25) is 0 Å². The van der Waals surface area contributed by atoms with Crippen LogP contribution in [-0.2, 0) is 14.3 Å². The number of hydrogen-bond acceptors (Lipinski definition) is 6. The molecule has 0 unspecified atom stereocenters. The fraction of sp³-hybridized carbons (Fsp3) is 0.667. The van der Waals surface area contributed by atoms with Crippen LogP contribution in [0.3, 0.4) is 0 Å². The Morgan fingerprint density at radius 1 is 1.44 bits per heavy atom. The predicted octanol–water partition coefficient (Wildman–Crippen LogP) is 0.708. The molecule has 90 valence electrons. The largest absolute Gasteiger partial charge is 0.547 e. The first-order valence-corrected chi connectivity index (χ1v) is 4.75. The van der Waals surface area contributed by atoms with Gasteiger partial charge in [0.05, 0.1) is 6.61 Å². The lowest BCUT2D eigenvalue weighted by Gasteiger charge is -2.08. The van der Waals surface area contributed by atoms with E-state index in [0.717, 1.165) is 0 Å². The van der Waals surface area contributed by atoms with E-state index in [1.807, 2.05) is 19.0 Å². The third kappa shape index (κ3) is 5.17. The Morgan fingerprint density at radius 3 is 2.50 bits per heavy atom. The lowest BCUT2D eigenvalue weighted by molar-refractivity contribution is -0.138. The third-order valence-electron chi connectivity index (χ3n) is 1.55. The maximum atomic E-state index is 11.1. The minimum Gasteiger partial charge on any atom is -0.475 e. The molecule has 0 spiro atoms. The summed E-state index contributed by atoms with van der Waals surface area (Å²) in [5, 5.41) is 17.8. The molecule has 0 aliphatic carbocycles. The monoisotopic (exact) mass is 230 g/mol. The van der Waals surface area contributed by atoms with E-state index in [1.54, 1.807) is 6.92 Å². The van der Waals surface area contributed by atoms with Crippen molar-refractivity contribution in [1.29, 1.82) is 5.39 Å². The minimum atomic E-state index is -0.938. The Bertz CT molecular complexity index is 306. The average molecular weight is 230 g/mol. The molecular formula is C9H16N3O4+. The molecular weight excluding hydrogens is 214 g/mol. The fourth-order valence-corrected chi connectivity index (χ4v) is 0.764. The zero-order valence-corrected chi connectivity index (χ0v) is 9.63. The Morgan fingerprint density at radius 2 is 2.06 bits per heavy atom. The molecule has 0 rings (SSSR count). The van der Waals surface area contributed by atoms with Crippen LogP contribution in [-0.4, -0.2) is 49.8 Å². The van der Waals surface area contributed by atoms with E-state index in [4.69, 9.17) is 10.1 Å². The molecule has 7 nitrogen and oxygen atoms in total. The van der Waals surface area contributed by atoms with Crippen molar-refractivity contribution in [1.82, 2.24) is 4.90 Å². The average Bonchev–Trinajstić information content (AvgIpc) is 2.18. The maximum absolute atomic E-state index is 11.1. The summed E-state index contributed by atoms with van der Waals surface area (Å²) in [5.74, 6) is -1.69. The van der Waals surface area contributed by atoms with Crippen molar-refractivity contribution >= 4 is 5.97 Å². The highest BCUT2D eigenvalue weighted by atomic mass is 16.6. The van der Waals surface area contributed by atoms with Gasteiger partial charge in [0.15, 0.2) is 4.98 Å². The first-order valence-electron chi connectivity index (χ1n) is 4.75. The van der Waals surface area contributed by atoms with Gasteiger partial charge < -0.3 is 19.5 Å². The highest BCUT2D eigenvalue weighted by Gasteiger charge is 2.32. The number of likely N-dealkylation sites (N-methyl/N-ethyl adjacent to an activating group) is 1. The van der Waals surface area contributed by atoms with E-state index in [1.165, 1.54) is 0 Å². The number of ether oxygens (including phenoxy) is 2. The SMILES string of the molecule is CCOC(=O)C([N+]#N)=C(O)OCCN(C)C. The molecule has 0 aromatic carbocycles. The van der Waals surface area contributed by atoms with Crippen LogP contribution in [0.4, 0.5) is 0 Å². The van der Waals surface area contributed by atoms with E-state index in [2.05, 4.69) is 9.71 Å². The topological polar surface area (TPSA) is 87.2 Å². The van der Waals surface area contributed by atoms with Gasteiger partial charge >= 0.3 is 17.6 Å². The van der Waals surface area contributed by atoms with Crippen molar-refractivity contribution in [2.75, 3.05) is 33.9 Å². The predicted molar refractivity (Wildman–Crippen MR) is 55.9 cm³/mol. The standard InChI is InChI=1S/C9H15N3O4/c1-4-15-8(13)7(11-10)9(14)16-6-5-12(2)3/h4-6H2,1-3H3/p+1. The number of esters is 1. The van der Waals surface area contributed by atoms with Gasteiger partial charge in [-0.2, -0.15) is 0 Å².